The lowest BCUT2D eigenvalue weighted by molar-refractivity contribution is -0.118. The zero-order valence-electron chi connectivity index (χ0n) is 13.5. The Morgan fingerprint density at radius 3 is 2.68 bits per heavy atom. The Labute approximate surface area is 130 Å². The van der Waals surface area contributed by atoms with Gasteiger partial charge >= 0.3 is 6.09 Å². The van der Waals surface area contributed by atoms with Crippen LogP contribution in [0, 0.1) is 5.92 Å². The van der Waals surface area contributed by atoms with Crippen molar-refractivity contribution in [2.45, 2.75) is 32.9 Å². The quantitative estimate of drug-likeness (QED) is 0.753. The highest BCUT2D eigenvalue weighted by Crippen LogP contribution is 2.10. The minimum absolute atomic E-state index is 0.248. The van der Waals surface area contributed by atoms with Gasteiger partial charge in [-0.1, -0.05) is 13.8 Å². The van der Waals surface area contributed by atoms with Crippen LogP contribution in [0.15, 0.2) is 12.4 Å². The second-order valence-electron chi connectivity index (χ2n) is 5.29. The Hall–Kier alpha value is -2.09. The lowest BCUT2D eigenvalue weighted by Crippen LogP contribution is -2.44. The summed E-state index contributed by atoms with van der Waals surface area (Å²) >= 11 is 0. The van der Waals surface area contributed by atoms with E-state index < -0.39 is 12.1 Å². The molecule has 0 spiro atoms. The summed E-state index contributed by atoms with van der Waals surface area (Å²) in [6.07, 6.45) is 3.15. The van der Waals surface area contributed by atoms with Crippen molar-refractivity contribution >= 4 is 17.7 Å². The number of aromatic nitrogens is 2. The molecule has 124 valence electrons. The Kier molecular flexibility index (Phi) is 7.38. The molecule has 0 radical (unpaired) electrons. The zero-order valence-corrected chi connectivity index (χ0v) is 13.5. The Bertz CT molecular complexity index is 487. The molecule has 8 nitrogen and oxygen atoms in total. The second-order valence-corrected chi connectivity index (χ2v) is 5.29. The van der Waals surface area contributed by atoms with Crippen molar-refractivity contribution in [2.24, 2.45) is 5.92 Å². The molecule has 0 aromatic carbocycles. The number of nitrogens with one attached hydrogen (secondary N) is 2. The SMILES string of the molecule is COCCn1cc(NC(=O)[C@@H](CC(C)C)NC(=O)OC)cn1. The van der Waals surface area contributed by atoms with E-state index in [1.807, 2.05) is 13.8 Å². The first-order valence-corrected chi connectivity index (χ1v) is 7.13. The van der Waals surface area contributed by atoms with Crippen molar-refractivity contribution in [1.82, 2.24) is 15.1 Å². The summed E-state index contributed by atoms with van der Waals surface area (Å²) in [5.74, 6) is -0.0530. The van der Waals surface area contributed by atoms with Crippen molar-refractivity contribution < 1.29 is 19.1 Å². The number of amides is 2. The number of ether oxygens (including phenoxy) is 2. The van der Waals surface area contributed by atoms with E-state index in [9.17, 15) is 9.59 Å². The molecule has 1 atom stereocenters. The average molecular weight is 312 g/mol. The van der Waals surface area contributed by atoms with Gasteiger partial charge in [0.05, 0.1) is 32.1 Å². The first-order valence-electron chi connectivity index (χ1n) is 7.13. The lowest BCUT2D eigenvalue weighted by atomic mass is 10.0. The second kappa shape index (κ2) is 9.04. The molecule has 22 heavy (non-hydrogen) atoms. The molecule has 0 aliphatic carbocycles. The smallest absolute Gasteiger partial charge is 0.407 e. The van der Waals surface area contributed by atoms with Crippen LogP contribution in [0.25, 0.3) is 0 Å². The molecule has 0 fully saturated rings. The summed E-state index contributed by atoms with van der Waals surface area (Å²) in [5, 5.41) is 9.39. The number of anilines is 1. The van der Waals surface area contributed by atoms with Gasteiger partial charge in [-0.2, -0.15) is 5.10 Å². The number of carbonyl (C=O) groups excluding carboxylic acids is 2. The average Bonchev–Trinajstić information content (AvgIpc) is 2.91. The first kappa shape index (κ1) is 18.0. The van der Waals surface area contributed by atoms with Crippen molar-refractivity contribution in [3.8, 4) is 0 Å². The summed E-state index contributed by atoms with van der Waals surface area (Å²) in [6, 6.07) is -0.658. The maximum atomic E-state index is 12.3. The van der Waals surface area contributed by atoms with Crippen molar-refractivity contribution in [1.29, 1.82) is 0 Å². The predicted octanol–water partition coefficient (Wildman–Crippen LogP) is 1.24. The summed E-state index contributed by atoms with van der Waals surface area (Å²) in [5.41, 5.74) is 0.571. The number of nitrogens with zero attached hydrogens (tertiary/aromatic N) is 2. The maximum Gasteiger partial charge on any atom is 0.407 e. The van der Waals surface area contributed by atoms with Gasteiger partial charge in [-0.15, -0.1) is 0 Å². The Morgan fingerprint density at radius 2 is 2.09 bits per heavy atom. The summed E-state index contributed by atoms with van der Waals surface area (Å²) in [7, 11) is 2.88. The van der Waals surface area contributed by atoms with Crippen LogP contribution in [0.3, 0.4) is 0 Å². The van der Waals surface area contributed by atoms with Gasteiger partial charge in [0.2, 0.25) is 5.91 Å². The van der Waals surface area contributed by atoms with Crippen LogP contribution in [-0.4, -0.2) is 48.6 Å². The van der Waals surface area contributed by atoms with Gasteiger partial charge in [0, 0.05) is 13.3 Å². The normalized spacial score (nSPS) is 12.0. The van der Waals surface area contributed by atoms with Gasteiger partial charge in [-0.05, 0) is 12.3 Å². The van der Waals surface area contributed by atoms with E-state index in [4.69, 9.17) is 4.74 Å². The van der Waals surface area contributed by atoms with Crippen LogP contribution in [0.1, 0.15) is 20.3 Å². The van der Waals surface area contributed by atoms with Gasteiger partial charge in [0.1, 0.15) is 6.04 Å². The summed E-state index contributed by atoms with van der Waals surface area (Å²) in [6.45, 7) is 5.08. The van der Waals surface area contributed by atoms with Crippen molar-refractivity contribution in [3.05, 3.63) is 12.4 Å². The highest BCUT2D eigenvalue weighted by Gasteiger charge is 2.22. The van der Waals surface area contributed by atoms with E-state index in [0.717, 1.165) is 0 Å². The molecule has 0 aliphatic heterocycles. The molecule has 1 heterocycles. The third-order valence-corrected chi connectivity index (χ3v) is 2.93. The van der Waals surface area contributed by atoms with Crippen LogP contribution < -0.4 is 10.6 Å². The predicted molar refractivity (Wildman–Crippen MR) is 81.5 cm³/mol. The van der Waals surface area contributed by atoms with Crippen LogP contribution in [0.5, 0.6) is 0 Å². The van der Waals surface area contributed by atoms with E-state index in [1.54, 1.807) is 24.2 Å². The molecule has 1 aromatic rings. The van der Waals surface area contributed by atoms with E-state index in [1.165, 1.54) is 7.11 Å². The number of hydrogen-bond donors (Lipinski definition) is 2. The molecule has 0 unspecified atom stereocenters. The van der Waals surface area contributed by atoms with E-state index >= 15 is 0 Å². The maximum absolute atomic E-state index is 12.3. The number of methoxy groups -OCH3 is 2. The molecule has 1 aromatic heterocycles. The van der Waals surface area contributed by atoms with E-state index in [0.29, 0.717) is 25.3 Å². The minimum atomic E-state index is -0.658. The van der Waals surface area contributed by atoms with Crippen LogP contribution in [0.4, 0.5) is 10.5 Å². The number of alkyl carbamates (subject to hydrolysis) is 1. The molecular formula is C14H24N4O4. The molecule has 0 aliphatic rings. The fourth-order valence-corrected chi connectivity index (χ4v) is 1.87. The third kappa shape index (κ3) is 6.13. The van der Waals surface area contributed by atoms with Crippen molar-refractivity contribution in [2.75, 3.05) is 26.1 Å². The highest BCUT2D eigenvalue weighted by molar-refractivity contribution is 5.96. The molecule has 2 N–H and O–H groups in total. The molecule has 8 heteroatoms. The largest absolute Gasteiger partial charge is 0.453 e. The standard InChI is InChI=1S/C14H24N4O4/c1-10(2)7-12(17-14(20)22-4)13(19)16-11-8-15-18(9-11)5-6-21-3/h8-10,12H,5-7H2,1-4H3,(H,16,19)(H,17,20)/t12-/m1/s1. The van der Waals surface area contributed by atoms with Crippen LogP contribution in [-0.2, 0) is 20.8 Å². The van der Waals surface area contributed by atoms with Crippen LogP contribution in [0.2, 0.25) is 0 Å². The van der Waals surface area contributed by atoms with Crippen LogP contribution >= 0.6 is 0 Å². The van der Waals surface area contributed by atoms with Gasteiger partial charge in [0.25, 0.3) is 0 Å². The summed E-state index contributed by atoms with van der Waals surface area (Å²) < 4.78 is 11.2. The molecule has 0 saturated heterocycles. The fourth-order valence-electron chi connectivity index (χ4n) is 1.87. The number of hydrogen-bond acceptors (Lipinski definition) is 5. The van der Waals surface area contributed by atoms with Gasteiger partial charge < -0.3 is 20.1 Å². The van der Waals surface area contributed by atoms with Gasteiger partial charge in [-0.25, -0.2) is 4.79 Å². The van der Waals surface area contributed by atoms with Gasteiger partial charge in [-0.3, -0.25) is 9.48 Å². The number of rotatable bonds is 8. The topological polar surface area (TPSA) is 94.5 Å². The zero-order chi connectivity index (χ0) is 16.5. The summed E-state index contributed by atoms with van der Waals surface area (Å²) in [4.78, 5) is 23.6. The van der Waals surface area contributed by atoms with E-state index in [2.05, 4.69) is 20.5 Å². The molecule has 0 bridgehead atoms. The monoisotopic (exact) mass is 312 g/mol. The van der Waals surface area contributed by atoms with Crippen molar-refractivity contribution in [3.63, 3.8) is 0 Å². The fraction of sp³-hybridized carbons (Fsp3) is 0.643. The lowest BCUT2D eigenvalue weighted by Gasteiger charge is -2.18. The molecule has 1 rings (SSSR count). The Morgan fingerprint density at radius 1 is 1.36 bits per heavy atom. The highest BCUT2D eigenvalue weighted by atomic mass is 16.5. The van der Waals surface area contributed by atoms with E-state index in [-0.39, 0.29) is 11.8 Å². The van der Waals surface area contributed by atoms with Gasteiger partial charge in [0.15, 0.2) is 0 Å². The molecule has 0 saturated carbocycles. The number of carbonyl (C=O) groups is 2. The minimum Gasteiger partial charge on any atom is -0.453 e. The molecular weight excluding hydrogens is 288 g/mol. The first-order chi connectivity index (χ1) is 10.5. The third-order valence-electron chi connectivity index (χ3n) is 2.93. The molecule has 2 amide bonds. The Balaban J connectivity index is 2.64.